The zero-order valence-corrected chi connectivity index (χ0v) is 12.2. The van der Waals surface area contributed by atoms with Crippen molar-refractivity contribution < 1.29 is 17.9 Å². The number of hydrogen-bond acceptors (Lipinski definition) is 4. The third-order valence-electron chi connectivity index (χ3n) is 2.82. The van der Waals surface area contributed by atoms with E-state index < -0.39 is 16.0 Å². The van der Waals surface area contributed by atoms with E-state index in [1.165, 1.54) is 23.5 Å². The molecule has 0 saturated heterocycles. The molecule has 0 aliphatic heterocycles. The van der Waals surface area contributed by atoms with Crippen molar-refractivity contribution >= 4 is 16.0 Å². The van der Waals surface area contributed by atoms with Crippen molar-refractivity contribution in [2.45, 2.75) is 25.2 Å². The molecule has 0 fully saturated rings. The minimum Gasteiger partial charge on any atom is -0.469 e. The Morgan fingerprint density at radius 2 is 1.89 bits per heavy atom. The average Bonchev–Trinajstić information content (AvgIpc) is 2.40. The first-order valence-corrected chi connectivity index (χ1v) is 7.55. The predicted octanol–water partition coefficient (Wildman–Crippen LogP) is 1.43. The van der Waals surface area contributed by atoms with Crippen molar-refractivity contribution in [2.75, 3.05) is 20.2 Å². The summed E-state index contributed by atoms with van der Waals surface area (Å²) in [7, 11) is -2.18. The maximum Gasteiger partial charge on any atom is 0.309 e. The van der Waals surface area contributed by atoms with Crippen LogP contribution in [-0.4, -0.2) is 38.9 Å². The standard InChI is InChI=1S/C13H19NO4S/c1-4-14(5-2)19(16,17)12-8-6-7-11(9-12)10-13(15)18-3/h6-9H,4-5,10H2,1-3H3. The number of nitrogens with zero attached hydrogens (tertiary/aromatic N) is 1. The van der Waals surface area contributed by atoms with Gasteiger partial charge in [0.05, 0.1) is 18.4 Å². The lowest BCUT2D eigenvalue weighted by molar-refractivity contribution is -0.139. The molecule has 106 valence electrons. The van der Waals surface area contributed by atoms with Crippen LogP contribution < -0.4 is 0 Å². The number of sulfonamides is 1. The Labute approximate surface area is 114 Å². The molecule has 0 bridgehead atoms. The van der Waals surface area contributed by atoms with Crippen LogP contribution in [0.3, 0.4) is 0 Å². The zero-order chi connectivity index (χ0) is 14.5. The summed E-state index contributed by atoms with van der Waals surface area (Å²) in [5.74, 6) is -0.391. The summed E-state index contributed by atoms with van der Waals surface area (Å²) in [6.07, 6.45) is 0.0676. The number of carbonyl (C=O) groups is 1. The molecule has 0 aromatic heterocycles. The molecule has 0 atom stereocenters. The van der Waals surface area contributed by atoms with Gasteiger partial charge in [0, 0.05) is 13.1 Å². The Morgan fingerprint density at radius 1 is 1.26 bits per heavy atom. The maximum atomic E-state index is 12.3. The SMILES string of the molecule is CCN(CC)S(=O)(=O)c1cccc(CC(=O)OC)c1. The van der Waals surface area contributed by atoms with Crippen LogP contribution in [0.1, 0.15) is 19.4 Å². The van der Waals surface area contributed by atoms with Gasteiger partial charge >= 0.3 is 5.97 Å². The highest BCUT2D eigenvalue weighted by Gasteiger charge is 2.21. The fourth-order valence-electron chi connectivity index (χ4n) is 1.77. The third kappa shape index (κ3) is 3.78. The molecule has 1 aromatic carbocycles. The Bertz CT molecular complexity index is 535. The highest BCUT2D eigenvalue weighted by atomic mass is 32.2. The molecular formula is C13H19NO4S. The minimum absolute atomic E-state index is 0.0676. The van der Waals surface area contributed by atoms with Gasteiger partial charge in [-0.2, -0.15) is 4.31 Å². The van der Waals surface area contributed by atoms with Crippen LogP contribution in [0.4, 0.5) is 0 Å². The second-order valence-electron chi connectivity index (χ2n) is 3.99. The predicted molar refractivity (Wildman–Crippen MR) is 72.3 cm³/mol. The number of esters is 1. The van der Waals surface area contributed by atoms with E-state index in [9.17, 15) is 13.2 Å². The van der Waals surface area contributed by atoms with Crippen LogP contribution in [-0.2, 0) is 26.0 Å². The normalized spacial score (nSPS) is 11.6. The average molecular weight is 285 g/mol. The minimum atomic E-state index is -3.49. The molecule has 5 nitrogen and oxygen atoms in total. The monoisotopic (exact) mass is 285 g/mol. The fourth-order valence-corrected chi connectivity index (χ4v) is 3.30. The van der Waals surface area contributed by atoms with Gasteiger partial charge < -0.3 is 4.74 Å². The molecule has 0 heterocycles. The summed E-state index contributed by atoms with van der Waals surface area (Å²) in [6.45, 7) is 4.42. The Morgan fingerprint density at radius 3 is 2.42 bits per heavy atom. The number of methoxy groups -OCH3 is 1. The third-order valence-corrected chi connectivity index (χ3v) is 4.86. The van der Waals surface area contributed by atoms with E-state index in [0.29, 0.717) is 18.7 Å². The van der Waals surface area contributed by atoms with E-state index in [0.717, 1.165) is 0 Å². The molecule has 0 spiro atoms. The smallest absolute Gasteiger partial charge is 0.309 e. The molecule has 19 heavy (non-hydrogen) atoms. The molecule has 0 aliphatic rings. The van der Waals surface area contributed by atoms with E-state index in [1.807, 2.05) is 0 Å². The van der Waals surface area contributed by atoms with Crippen molar-refractivity contribution in [3.05, 3.63) is 29.8 Å². The van der Waals surface area contributed by atoms with E-state index in [-0.39, 0.29) is 11.3 Å². The largest absolute Gasteiger partial charge is 0.469 e. The van der Waals surface area contributed by atoms with Gasteiger partial charge in [-0.3, -0.25) is 4.79 Å². The van der Waals surface area contributed by atoms with E-state index in [1.54, 1.807) is 26.0 Å². The second-order valence-corrected chi connectivity index (χ2v) is 5.93. The zero-order valence-electron chi connectivity index (χ0n) is 11.4. The van der Waals surface area contributed by atoms with Crippen LogP contribution in [0.5, 0.6) is 0 Å². The van der Waals surface area contributed by atoms with E-state index in [2.05, 4.69) is 4.74 Å². The Hall–Kier alpha value is -1.40. The topological polar surface area (TPSA) is 63.7 Å². The summed E-state index contributed by atoms with van der Waals surface area (Å²) in [5, 5.41) is 0. The van der Waals surface area contributed by atoms with Crippen molar-refractivity contribution in [2.24, 2.45) is 0 Å². The number of rotatable bonds is 6. The molecule has 0 saturated carbocycles. The summed E-state index contributed by atoms with van der Waals surface area (Å²) in [5.41, 5.74) is 0.625. The number of hydrogen-bond donors (Lipinski definition) is 0. The van der Waals surface area contributed by atoms with Crippen LogP contribution in [0.25, 0.3) is 0 Å². The number of benzene rings is 1. The van der Waals surface area contributed by atoms with Gasteiger partial charge in [-0.15, -0.1) is 0 Å². The van der Waals surface area contributed by atoms with E-state index in [4.69, 9.17) is 0 Å². The molecule has 0 radical (unpaired) electrons. The summed E-state index contributed by atoms with van der Waals surface area (Å²) in [4.78, 5) is 11.4. The first kappa shape index (κ1) is 15.7. The van der Waals surface area contributed by atoms with Crippen LogP contribution in [0.2, 0.25) is 0 Å². The van der Waals surface area contributed by atoms with Crippen LogP contribution in [0, 0.1) is 0 Å². The first-order chi connectivity index (χ1) is 8.95. The van der Waals surface area contributed by atoms with Gasteiger partial charge in [0.25, 0.3) is 0 Å². The molecule has 0 N–H and O–H groups in total. The van der Waals surface area contributed by atoms with Crippen LogP contribution >= 0.6 is 0 Å². The quantitative estimate of drug-likeness (QED) is 0.742. The number of carbonyl (C=O) groups excluding carboxylic acids is 1. The fraction of sp³-hybridized carbons (Fsp3) is 0.462. The number of ether oxygens (including phenoxy) is 1. The Kier molecular flexibility index (Phi) is 5.50. The molecule has 1 rings (SSSR count). The van der Waals surface area contributed by atoms with Crippen molar-refractivity contribution in [1.82, 2.24) is 4.31 Å². The maximum absolute atomic E-state index is 12.3. The van der Waals surface area contributed by atoms with Crippen molar-refractivity contribution in [3.8, 4) is 0 Å². The van der Waals surface area contributed by atoms with E-state index >= 15 is 0 Å². The molecule has 1 aromatic rings. The van der Waals surface area contributed by atoms with Gasteiger partial charge in [0.2, 0.25) is 10.0 Å². The molecule has 0 aliphatic carbocycles. The Balaban J connectivity index is 3.08. The van der Waals surface area contributed by atoms with Crippen molar-refractivity contribution in [1.29, 1.82) is 0 Å². The van der Waals surface area contributed by atoms with Gasteiger partial charge in [-0.1, -0.05) is 26.0 Å². The molecular weight excluding hydrogens is 266 g/mol. The second kappa shape index (κ2) is 6.68. The first-order valence-electron chi connectivity index (χ1n) is 6.11. The van der Waals surface area contributed by atoms with Crippen LogP contribution in [0.15, 0.2) is 29.2 Å². The lowest BCUT2D eigenvalue weighted by Crippen LogP contribution is -2.30. The summed E-state index contributed by atoms with van der Waals surface area (Å²) >= 11 is 0. The summed E-state index contributed by atoms with van der Waals surface area (Å²) in [6, 6.07) is 6.39. The van der Waals surface area contributed by atoms with Gasteiger partial charge in [-0.25, -0.2) is 8.42 Å². The molecule has 0 unspecified atom stereocenters. The summed E-state index contributed by atoms with van der Waals surface area (Å²) < 4.78 is 30.6. The van der Waals surface area contributed by atoms with Gasteiger partial charge in [0.15, 0.2) is 0 Å². The highest BCUT2D eigenvalue weighted by molar-refractivity contribution is 7.89. The lowest BCUT2D eigenvalue weighted by atomic mass is 10.1. The molecule has 6 heteroatoms. The van der Waals surface area contributed by atoms with Gasteiger partial charge in [0.1, 0.15) is 0 Å². The highest BCUT2D eigenvalue weighted by Crippen LogP contribution is 2.17. The lowest BCUT2D eigenvalue weighted by Gasteiger charge is -2.18. The molecule has 0 amide bonds. The van der Waals surface area contributed by atoms with Crippen molar-refractivity contribution in [3.63, 3.8) is 0 Å². The van der Waals surface area contributed by atoms with Gasteiger partial charge in [-0.05, 0) is 17.7 Å².